The molecule has 4 heteroatoms. The average molecular weight is 200 g/mol. The quantitative estimate of drug-likeness (QED) is 0.331. The molecule has 3 nitrogen and oxygen atoms in total. The summed E-state index contributed by atoms with van der Waals surface area (Å²) >= 11 is 5.60. The van der Waals surface area contributed by atoms with E-state index >= 15 is 0 Å². The molecule has 0 aromatic heterocycles. The van der Waals surface area contributed by atoms with Gasteiger partial charge in [0.25, 0.3) is 0 Å². The molecule has 0 atom stereocenters. The van der Waals surface area contributed by atoms with E-state index in [1.807, 2.05) is 0 Å². The summed E-state index contributed by atoms with van der Waals surface area (Å²) in [4.78, 5) is 10.5. The van der Waals surface area contributed by atoms with Crippen molar-refractivity contribution in [3.63, 3.8) is 0 Å². The Labute approximate surface area is 81.1 Å². The van der Waals surface area contributed by atoms with Crippen molar-refractivity contribution in [1.29, 1.82) is 0 Å². The molecule has 1 aromatic rings. The molecular formula is C9H10ClNO2. The van der Waals surface area contributed by atoms with Crippen LogP contribution in [-0.4, -0.2) is 11.4 Å². The Bertz CT molecular complexity index is 350. The maximum atomic E-state index is 10.5. The lowest BCUT2D eigenvalue weighted by atomic mass is 10.0. The Morgan fingerprint density at radius 1 is 1.69 bits per heavy atom. The van der Waals surface area contributed by atoms with Gasteiger partial charge in [0.05, 0.1) is 11.6 Å². The first-order valence-electron chi connectivity index (χ1n) is 3.73. The topological polar surface area (TPSA) is 63.3 Å². The highest BCUT2D eigenvalue weighted by Crippen LogP contribution is 2.31. The summed E-state index contributed by atoms with van der Waals surface area (Å²) in [6, 6.07) is 1.61. The fraction of sp³-hybridized carbons (Fsp3) is 0.222. The zero-order chi connectivity index (χ0) is 10.0. The van der Waals surface area contributed by atoms with E-state index in [0.29, 0.717) is 17.4 Å². The highest BCUT2D eigenvalue weighted by Gasteiger charge is 2.11. The van der Waals surface area contributed by atoms with Crippen LogP contribution in [0, 0.1) is 6.92 Å². The second-order valence-corrected chi connectivity index (χ2v) is 3.04. The molecule has 0 amide bonds. The number of phenols is 1. The normalized spacial score (nSPS) is 10.0. The van der Waals surface area contributed by atoms with Gasteiger partial charge in [-0.05, 0) is 18.6 Å². The molecule has 0 spiro atoms. The lowest BCUT2D eigenvalue weighted by Crippen LogP contribution is -1.98. The van der Waals surface area contributed by atoms with Crippen molar-refractivity contribution < 1.29 is 9.90 Å². The van der Waals surface area contributed by atoms with Crippen molar-refractivity contribution in [2.75, 3.05) is 5.73 Å². The van der Waals surface area contributed by atoms with Crippen LogP contribution in [0.4, 0.5) is 5.69 Å². The van der Waals surface area contributed by atoms with E-state index in [4.69, 9.17) is 17.3 Å². The van der Waals surface area contributed by atoms with Crippen molar-refractivity contribution >= 4 is 23.6 Å². The average Bonchev–Trinajstić information content (AvgIpc) is 2.12. The van der Waals surface area contributed by atoms with Crippen molar-refractivity contribution in [3.8, 4) is 5.75 Å². The number of hydrogen-bond acceptors (Lipinski definition) is 3. The third-order valence-electron chi connectivity index (χ3n) is 1.96. The first-order valence-corrected chi connectivity index (χ1v) is 4.27. The minimum atomic E-state index is -0.0860. The highest BCUT2D eigenvalue weighted by atomic mass is 35.5. The fourth-order valence-electron chi connectivity index (χ4n) is 1.15. The largest absolute Gasteiger partial charge is 0.505 e. The predicted molar refractivity (Wildman–Crippen MR) is 52.2 cm³/mol. The van der Waals surface area contributed by atoms with Gasteiger partial charge < -0.3 is 10.8 Å². The lowest BCUT2D eigenvalue weighted by Gasteiger charge is -2.09. The second-order valence-electron chi connectivity index (χ2n) is 2.78. The fourth-order valence-corrected chi connectivity index (χ4v) is 1.49. The van der Waals surface area contributed by atoms with Gasteiger partial charge in [0.15, 0.2) is 6.29 Å². The van der Waals surface area contributed by atoms with Gasteiger partial charge in [-0.1, -0.05) is 0 Å². The van der Waals surface area contributed by atoms with Gasteiger partial charge in [-0.3, -0.25) is 4.79 Å². The lowest BCUT2D eigenvalue weighted by molar-refractivity contribution is 0.112. The SMILES string of the molecule is Cc1cc(C=O)c(N)c(O)c1CCl. The summed E-state index contributed by atoms with van der Waals surface area (Å²) in [7, 11) is 0. The number of aldehydes is 1. The Hall–Kier alpha value is -1.22. The number of carbonyl (C=O) groups is 1. The molecule has 0 heterocycles. The second kappa shape index (κ2) is 3.66. The Balaban J connectivity index is 3.45. The molecule has 1 aromatic carbocycles. The number of nitrogens with two attached hydrogens (primary N) is 1. The van der Waals surface area contributed by atoms with Gasteiger partial charge in [0, 0.05) is 11.1 Å². The molecule has 0 aliphatic carbocycles. The number of benzene rings is 1. The number of aromatic hydroxyl groups is 1. The van der Waals surface area contributed by atoms with Crippen LogP contribution in [0.2, 0.25) is 0 Å². The number of rotatable bonds is 2. The van der Waals surface area contributed by atoms with Crippen molar-refractivity contribution in [2.24, 2.45) is 0 Å². The molecule has 0 bridgehead atoms. The molecular weight excluding hydrogens is 190 g/mol. The molecule has 0 unspecified atom stereocenters. The van der Waals surface area contributed by atoms with E-state index in [1.54, 1.807) is 13.0 Å². The summed E-state index contributed by atoms with van der Waals surface area (Å²) < 4.78 is 0. The van der Waals surface area contributed by atoms with Crippen LogP contribution in [0.1, 0.15) is 21.5 Å². The number of phenolic OH excluding ortho intramolecular Hbond substituents is 1. The number of halogens is 1. The molecule has 0 aliphatic heterocycles. The third-order valence-corrected chi connectivity index (χ3v) is 2.23. The van der Waals surface area contributed by atoms with Gasteiger partial charge >= 0.3 is 0 Å². The minimum Gasteiger partial charge on any atom is -0.505 e. The first-order chi connectivity index (χ1) is 6.11. The summed E-state index contributed by atoms with van der Waals surface area (Å²) in [5.41, 5.74) is 7.23. The van der Waals surface area contributed by atoms with E-state index in [2.05, 4.69) is 0 Å². The monoisotopic (exact) mass is 199 g/mol. The van der Waals surface area contributed by atoms with Crippen LogP contribution in [0.25, 0.3) is 0 Å². The Morgan fingerprint density at radius 3 is 2.77 bits per heavy atom. The molecule has 13 heavy (non-hydrogen) atoms. The number of anilines is 1. The van der Waals surface area contributed by atoms with Crippen LogP contribution >= 0.6 is 11.6 Å². The van der Waals surface area contributed by atoms with E-state index in [0.717, 1.165) is 5.56 Å². The van der Waals surface area contributed by atoms with Crippen LogP contribution in [0.5, 0.6) is 5.75 Å². The van der Waals surface area contributed by atoms with Gasteiger partial charge in [0.1, 0.15) is 5.75 Å². The van der Waals surface area contributed by atoms with Crippen LogP contribution in [0.15, 0.2) is 6.07 Å². The Kier molecular flexibility index (Phi) is 2.78. The van der Waals surface area contributed by atoms with Gasteiger partial charge in [-0.25, -0.2) is 0 Å². The van der Waals surface area contributed by atoms with Crippen LogP contribution in [-0.2, 0) is 5.88 Å². The zero-order valence-corrected chi connectivity index (χ0v) is 7.93. The maximum absolute atomic E-state index is 10.5. The molecule has 70 valence electrons. The number of nitrogen functional groups attached to an aromatic ring is 1. The van der Waals surface area contributed by atoms with Gasteiger partial charge in [-0.15, -0.1) is 11.6 Å². The Morgan fingerprint density at radius 2 is 2.31 bits per heavy atom. The maximum Gasteiger partial charge on any atom is 0.152 e. The van der Waals surface area contributed by atoms with Crippen LogP contribution in [0.3, 0.4) is 0 Å². The molecule has 0 saturated carbocycles. The third kappa shape index (κ3) is 1.60. The van der Waals surface area contributed by atoms with Crippen molar-refractivity contribution in [2.45, 2.75) is 12.8 Å². The van der Waals surface area contributed by atoms with Gasteiger partial charge in [-0.2, -0.15) is 0 Å². The van der Waals surface area contributed by atoms with Crippen molar-refractivity contribution in [1.82, 2.24) is 0 Å². The predicted octanol–water partition coefficient (Wildman–Crippen LogP) is 1.83. The summed E-state index contributed by atoms with van der Waals surface area (Å²) in [5.74, 6) is 0.0955. The first kappa shape index (κ1) is 9.86. The van der Waals surface area contributed by atoms with E-state index in [-0.39, 0.29) is 17.3 Å². The smallest absolute Gasteiger partial charge is 0.152 e. The molecule has 3 N–H and O–H groups in total. The zero-order valence-electron chi connectivity index (χ0n) is 7.17. The number of alkyl halides is 1. The van der Waals surface area contributed by atoms with E-state index < -0.39 is 0 Å². The van der Waals surface area contributed by atoms with E-state index in [1.165, 1.54) is 0 Å². The molecule has 1 rings (SSSR count). The molecule has 0 aliphatic rings. The van der Waals surface area contributed by atoms with E-state index in [9.17, 15) is 9.90 Å². The van der Waals surface area contributed by atoms with Crippen LogP contribution < -0.4 is 5.73 Å². The highest BCUT2D eigenvalue weighted by molar-refractivity contribution is 6.17. The molecule has 0 fully saturated rings. The van der Waals surface area contributed by atoms with Crippen molar-refractivity contribution in [3.05, 3.63) is 22.8 Å². The van der Waals surface area contributed by atoms with Gasteiger partial charge in [0.2, 0.25) is 0 Å². The summed E-state index contributed by atoms with van der Waals surface area (Å²) in [5, 5.41) is 9.52. The number of aryl methyl sites for hydroxylation is 1. The number of carbonyl (C=O) groups excluding carboxylic acids is 1. The minimum absolute atomic E-state index is 0.0860. The molecule has 0 radical (unpaired) electrons. The number of hydrogen-bond donors (Lipinski definition) is 2. The summed E-state index contributed by atoms with van der Waals surface area (Å²) in [6.07, 6.45) is 0.611. The summed E-state index contributed by atoms with van der Waals surface area (Å²) in [6.45, 7) is 1.77. The molecule has 0 saturated heterocycles. The standard InChI is InChI=1S/C9H10ClNO2/c1-5-2-6(4-12)8(11)9(13)7(5)3-10/h2,4,13H,3,11H2,1H3.